The Hall–Kier alpha value is -1.88. The zero-order valence-electron chi connectivity index (χ0n) is 9.77. The number of aromatic nitrogens is 1. The number of nitrogens with one attached hydrogen (secondary N) is 2. The van der Waals surface area contributed by atoms with E-state index in [1.54, 1.807) is 19.3 Å². The highest BCUT2D eigenvalue weighted by Gasteiger charge is 2.08. The van der Waals surface area contributed by atoms with E-state index in [1.165, 1.54) is 0 Å². The average Bonchev–Trinajstić information content (AvgIpc) is 2.41. The zero-order chi connectivity index (χ0) is 13.0. The molecule has 5 heteroatoms. The largest absolute Gasteiger partial charge is 0.387 e. The molecular weight excluding hydrogens is 294 g/mol. The number of hydrogen-bond donors (Lipinski definition) is 2. The van der Waals surface area contributed by atoms with Crippen molar-refractivity contribution < 1.29 is 4.79 Å². The number of benzene rings is 1. The van der Waals surface area contributed by atoms with E-state index in [-0.39, 0.29) is 5.91 Å². The first-order chi connectivity index (χ1) is 8.70. The third-order valence-corrected chi connectivity index (χ3v) is 3.10. The lowest BCUT2D eigenvalue weighted by Gasteiger charge is -2.07. The molecule has 2 aromatic rings. The van der Waals surface area contributed by atoms with Gasteiger partial charge in [-0.2, -0.15) is 0 Å². The number of nitrogens with zero attached hydrogens (tertiary/aromatic N) is 1. The van der Waals surface area contributed by atoms with Crippen LogP contribution in [0.2, 0.25) is 0 Å². The highest BCUT2D eigenvalue weighted by molar-refractivity contribution is 9.10. The van der Waals surface area contributed by atoms with Crippen molar-refractivity contribution in [1.29, 1.82) is 0 Å². The lowest BCUT2D eigenvalue weighted by atomic mass is 10.3. The average molecular weight is 306 g/mol. The summed E-state index contributed by atoms with van der Waals surface area (Å²) in [7, 11) is 1.80. The lowest BCUT2D eigenvalue weighted by Crippen LogP contribution is -2.13. The molecule has 2 rings (SSSR count). The van der Waals surface area contributed by atoms with Gasteiger partial charge in [-0.05, 0) is 40.2 Å². The van der Waals surface area contributed by atoms with Gasteiger partial charge in [0.05, 0.1) is 17.6 Å². The van der Waals surface area contributed by atoms with Crippen molar-refractivity contribution in [3.05, 3.63) is 52.8 Å². The number of hydrogen-bond acceptors (Lipinski definition) is 3. The second-order valence-electron chi connectivity index (χ2n) is 3.62. The summed E-state index contributed by atoms with van der Waals surface area (Å²) in [5, 5.41) is 5.75. The van der Waals surface area contributed by atoms with Crippen molar-refractivity contribution in [2.24, 2.45) is 0 Å². The summed E-state index contributed by atoms with van der Waals surface area (Å²) in [5.74, 6) is -0.232. The van der Waals surface area contributed by atoms with Crippen LogP contribution in [0.5, 0.6) is 0 Å². The van der Waals surface area contributed by atoms with Gasteiger partial charge in [0.1, 0.15) is 5.69 Å². The first kappa shape index (κ1) is 12.6. The first-order valence-electron chi connectivity index (χ1n) is 5.40. The third kappa shape index (κ3) is 2.87. The monoisotopic (exact) mass is 305 g/mol. The number of carbonyl (C=O) groups is 1. The number of pyridine rings is 1. The molecule has 0 aliphatic rings. The Morgan fingerprint density at radius 3 is 2.61 bits per heavy atom. The van der Waals surface area contributed by atoms with E-state index < -0.39 is 0 Å². The van der Waals surface area contributed by atoms with Crippen LogP contribution in [-0.2, 0) is 0 Å². The van der Waals surface area contributed by atoms with Crippen molar-refractivity contribution in [2.75, 3.05) is 17.7 Å². The molecule has 1 aromatic heterocycles. The molecule has 4 nitrogen and oxygen atoms in total. The molecule has 0 aliphatic heterocycles. The van der Waals surface area contributed by atoms with E-state index >= 15 is 0 Å². The van der Waals surface area contributed by atoms with E-state index in [9.17, 15) is 4.79 Å². The number of anilines is 2. The van der Waals surface area contributed by atoms with Crippen LogP contribution in [0.25, 0.3) is 0 Å². The molecule has 1 heterocycles. The van der Waals surface area contributed by atoms with Crippen LogP contribution in [0.15, 0.2) is 47.1 Å². The molecule has 1 aromatic carbocycles. The Bertz CT molecular complexity index is 554. The number of carbonyl (C=O) groups excluding carboxylic acids is 1. The van der Waals surface area contributed by atoms with Gasteiger partial charge in [0, 0.05) is 11.5 Å². The van der Waals surface area contributed by atoms with Crippen LogP contribution in [0, 0.1) is 0 Å². The van der Waals surface area contributed by atoms with E-state index in [2.05, 4.69) is 31.5 Å². The number of amides is 1. The van der Waals surface area contributed by atoms with Gasteiger partial charge in [0.15, 0.2) is 0 Å². The summed E-state index contributed by atoms with van der Waals surface area (Å²) in [5.41, 5.74) is 1.97. The van der Waals surface area contributed by atoms with Gasteiger partial charge in [0.25, 0.3) is 5.91 Å². The first-order valence-corrected chi connectivity index (χ1v) is 6.19. The summed E-state index contributed by atoms with van der Waals surface area (Å²) in [6.07, 6.45) is 1.62. The molecular formula is C13H12BrN3O. The highest BCUT2D eigenvalue weighted by Crippen LogP contribution is 2.21. The molecule has 0 spiro atoms. The molecule has 0 saturated heterocycles. The number of halogens is 1. The van der Waals surface area contributed by atoms with Crippen molar-refractivity contribution in [1.82, 2.24) is 4.98 Å². The predicted molar refractivity (Wildman–Crippen MR) is 75.9 cm³/mol. The van der Waals surface area contributed by atoms with Crippen LogP contribution in [0.4, 0.5) is 11.4 Å². The molecule has 2 N–H and O–H groups in total. The molecule has 0 aliphatic carbocycles. The van der Waals surface area contributed by atoms with Gasteiger partial charge in [0.2, 0.25) is 0 Å². The summed E-state index contributed by atoms with van der Waals surface area (Å²) >= 11 is 3.37. The van der Waals surface area contributed by atoms with E-state index in [0.717, 1.165) is 15.8 Å². The van der Waals surface area contributed by atoms with Gasteiger partial charge in [-0.15, -0.1) is 0 Å². The topological polar surface area (TPSA) is 54.0 Å². The molecule has 0 saturated carbocycles. The Labute approximate surface area is 114 Å². The van der Waals surface area contributed by atoms with Gasteiger partial charge in [-0.1, -0.05) is 12.1 Å². The third-order valence-electron chi connectivity index (χ3n) is 2.41. The standard InChI is InChI=1S/C13H12BrN3O/c1-15-9-6-7-12(16-8-9)13(18)17-11-5-3-2-4-10(11)14/h2-8,15H,1H3,(H,17,18). The van der Waals surface area contributed by atoms with Crippen molar-refractivity contribution in [3.8, 4) is 0 Å². The zero-order valence-corrected chi connectivity index (χ0v) is 11.4. The minimum atomic E-state index is -0.232. The van der Waals surface area contributed by atoms with Crippen LogP contribution in [-0.4, -0.2) is 17.9 Å². The van der Waals surface area contributed by atoms with Gasteiger partial charge < -0.3 is 10.6 Å². The molecule has 0 fully saturated rings. The summed E-state index contributed by atoms with van der Waals surface area (Å²) in [6.45, 7) is 0. The molecule has 0 radical (unpaired) electrons. The van der Waals surface area contributed by atoms with Crippen molar-refractivity contribution in [3.63, 3.8) is 0 Å². The normalized spacial score (nSPS) is 9.89. The van der Waals surface area contributed by atoms with Crippen LogP contribution < -0.4 is 10.6 Å². The van der Waals surface area contributed by atoms with Crippen LogP contribution in [0.3, 0.4) is 0 Å². The predicted octanol–water partition coefficient (Wildman–Crippen LogP) is 3.14. The minimum Gasteiger partial charge on any atom is -0.387 e. The molecule has 0 unspecified atom stereocenters. The lowest BCUT2D eigenvalue weighted by molar-refractivity contribution is 0.102. The second kappa shape index (κ2) is 5.64. The maximum absolute atomic E-state index is 12.0. The molecule has 92 valence electrons. The fourth-order valence-electron chi connectivity index (χ4n) is 1.42. The van der Waals surface area contributed by atoms with E-state index in [4.69, 9.17) is 0 Å². The van der Waals surface area contributed by atoms with Gasteiger partial charge in [-0.3, -0.25) is 4.79 Å². The molecule has 1 amide bonds. The molecule has 18 heavy (non-hydrogen) atoms. The number of para-hydroxylation sites is 1. The van der Waals surface area contributed by atoms with E-state index in [1.807, 2.05) is 30.3 Å². The second-order valence-corrected chi connectivity index (χ2v) is 4.47. The van der Waals surface area contributed by atoms with Crippen molar-refractivity contribution >= 4 is 33.2 Å². The Kier molecular flexibility index (Phi) is 3.94. The summed E-state index contributed by atoms with van der Waals surface area (Å²) in [6, 6.07) is 10.9. The van der Waals surface area contributed by atoms with Crippen LogP contribution >= 0.6 is 15.9 Å². The summed E-state index contributed by atoms with van der Waals surface area (Å²) in [4.78, 5) is 16.0. The maximum Gasteiger partial charge on any atom is 0.274 e. The van der Waals surface area contributed by atoms with E-state index in [0.29, 0.717) is 5.69 Å². The maximum atomic E-state index is 12.0. The highest BCUT2D eigenvalue weighted by atomic mass is 79.9. The minimum absolute atomic E-state index is 0.232. The van der Waals surface area contributed by atoms with Gasteiger partial charge in [-0.25, -0.2) is 4.98 Å². The SMILES string of the molecule is CNc1ccc(C(=O)Nc2ccccc2Br)nc1. The fraction of sp³-hybridized carbons (Fsp3) is 0.0769. The van der Waals surface area contributed by atoms with Gasteiger partial charge >= 0.3 is 0 Å². The quantitative estimate of drug-likeness (QED) is 0.916. The Morgan fingerprint density at radius 1 is 1.22 bits per heavy atom. The smallest absolute Gasteiger partial charge is 0.274 e. The fourth-order valence-corrected chi connectivity index (χ4v) is 1.81. The summed E-state index contributed by atoms with van der Waals surface area (Å²) < 4.78 is 0.838. The Balaban J connectivity index is 2.14. The van der Waals surface area contributed by atoms with Crippen LogP contribution in [0.1, 0.15) is 10.5 Å². The Morgan fingerprint density at radius 2 is 2.00 bits per heavy atom. The molecule has 0 bridgehead atoms. The molecule has 0 atom stereocenters. The van der Waals surface area contributed by atoms with Crippen molar-refractivity contribution in [2.45, 2.75) is 0 Å². The number of rotatable bonds is 3.